The fourth-order valence-electron chi connectivity index (χ4n) is 4.71. The van der Waals surface area contributed by atoms with Gasteiger partial charge in [-0.3, -0.25) is 4.79 Å². The van der Waals surface area contributed by atoms with Crippen LogP contribution in [0.25, 0.3) is 6.08 Å². The van der Waals surface area contributed by atoms with Gasteiger partial charge < -0.3 is 9.47 Å². The van der Waals surface area contributed by atoms with Crippen LogP contribution in [0.5, 0.6) is 11.5 Å². The smallest absolute Gasteiger partial charge is 0.165 e. The van der Waals surface area contributed by atoms with Crippen molar-refractivity contribution in [2.75, 3.05) is 14.2 Å². The van der Waals surface area contributed by atoms with Crippen molar-refractivity contribution in [3.8, 4) is 11.5 Å². The zero-order valence-electron chi connectivity index (χ0n) is 15.9. The van der Waals surface area contributed by atoms with E-state index in [1.54, 1.807) is 14.2 Å². The fraction of sp³-hybridized carbons (Fsp3) is 0.500. The third-order valence-electron chi connectivity index (χ3n) is 6.67. The highest BCUT2D eigenvalue weighted by molar-refractivity contribution is 6.08. The van der Waals surface area contributed by atoms with E-state index in [-0.39, 0.29) is 10.8 Å². The van der Waals surface area contributed by atoms with E-state index in [4.69, 9.17) is 9.47 Å². The zero-order chi connectivity index (χ0) is 18.4. The van der Waals surface area contributed by atoms with E-state index >= 15 is 0 Å². The minimum Gasteiger partial charge on any atom is -0.496 e. The van der Waals surface area contributed by atoms with Gasteiger partial charge in [-0.2, -0.15) is 0 Å². The molecule has 0 heterocycles. The molecule has 0 spiro atoms. The first-order valence-electron chi connectivity index (χ1n) is 8.92. The Bertz CT molecular complexity index is 732. The quantitative estimate of drug-likeness (QED) is 0.568. The first-order chi connectivity index (χ1) is 11.8. The van der Waals surface area contributed by atoms with Crippen molar-refractivity contribution in [3.63, 3.8) is 0 Å². The third kappa shape index (κ3) is 2.44. The number of methoxy groups -OCH3 is 2. The Kier molecular flexibility index (Phi) is 4.30. The van der Waals surface area contributed by atoms with Gasteiger partial charge in [0.1, 0.15) is 11.5 Å². The predicted molar refractivity (Wildman–Crippen MR) is 101 cm³/mol. The van der Waals surface area contributed by atoms with Crippen LogP contribution in [-0.4, -0.2) is 20.0 Å². The van der Waals surface area contributed by atoms with Crippen LogP contribution in [0.3, 0.4) is 0 Å². The maximum absolute atomic E-state index is 13.0. The molecule has 2 aliphatic rings. The molecule has 3 nitrogen and oxygen atoms in total. The topological polar surface area (TPSA) is 35.5 Å². The van der Waals surface area contributed by atoms with Crippen molar-refractivity contribution in [1.82, 2.24) is 0 Å². The van der Waals surface area contributed by atoms with Gasteiger partial charge in [-0.05, 0) is 59.9 Å². The van der Waals surface area contributed by atoms with E-state index in [0.29, 0.717) is 18.1 Å². The Labute approximate surface area is 150 Å². The Hall–Kier alpha value is -2.03. The molecule has 3 rings (SSSR count). The monoisotopic (exact) mass is 340 g/mol. The molecule has 2 aliphatic carbocycles. The van der Waals surface area contributed by atoms with Crippen LogP contribution in [0, 0.1) is 16.7 Å². The molecule has 2 atom stereocenters. The lowest BCUT2D eigenvalue weighted by Gasteiger charge is -2.31. The minimum absolute atomic E-state index is 0.0207. The van der Waals surface area contributed by atoms with E-state index in [9.17, 15) is 4.79 Å². The molecule has 0 amide bonds. The van der Waals surface area contributed by atoms with Gasteiger partial charge in [-0.1, -0.05) is 26.8 Å². The maximum atomic E-state index is 13.0. The molecule has 0 saturated heterocycles. The molecule has 2 fully saturated rings. The summed E-state index contributed by atoms with van der Waals surface area (Å²) in [6, 6.07) is 3.98. The Balaban J connectivity index is 2.08. The molecule has 2 bridgehead atoms. The summed E-state index contributed by atoms with van der Waals surface area (Å²) in [7, 11) is 3.32. The summed E-state index contributed by atoms with van der Waals surface area (Å²) in [5.41, 5.74) is 2.68. The average molecular weight is 340 g/mol. The number of fused-ring (bicyclic) bond motifs is 2. The van der Waals surface area contributed by atoms with Gasteiger partial charge in [-0.15, -0.1) is 6.58 Å². The Morgan fingerprint density at radius 3 is 2.24 bits per heavy atom. The molecular weight excluding hydrogens is 312 g/mol. The van der Waals surface area contributed by atoms with Gasteiger partial charge in [0.2, 0.25) is 0 Å². The number of carbonyl (C=O) groups is 1. The van der Waals surface area contributed by atoms with Crippen molar-refractivity contribution < 1.29 is 14.3 Å². The van der Waals surface area contributed by atoms with Gasteiger partial charge in [0.15, 0.2) is 5.78 Å². The summed E-state index contributed by atoms with van der Waals surface area (Å²) >= 11 is 0. The van der Waals surface area contributed by atoms with Crippen LogP contribution in [0.15, 0.2) is 30.4 Å². The molecule has 0 aliphatic heterocycles. The fourth-order valence-corrected chi connectivity index (χ4v) is 4.71. The van der Waals surface area contributed by atoms with Crippen molar-refractivity contribution in [3.05, 3.63) is 41.5 Å². The first kappa shape index (κ1) is 17.8. The molecule has 0 radical (unpaired) electrons. The lowest BCUT2D eigenvalue weighted by atomic mass is 9.70. The van der Waals surface area contributed by atoms with Crippen molar-refractivity contribution in [2.24, 2.45) is 16.7 Å². The number of carbonyl (C=O) groups excluding carboxylic acids is 1. The summed E-state index contributed by atoms with van der Waals surface area (Å²) in [5.74, 6) is 2.18. The van der Waals surface area contributed by atoms with E-state index in [1.807, 2.05) is 24.3 Å². The number of allylic oxidation sites excluding steroid dienone is 2. The number of ketones is 1. The number of hydrogen-bond acceptors (Lipinski definition) is 3. The normalized spacial score (nSPS) is 28.4. The second-order valence-electron chi connectivity index (χ2n) is 7.97. The van der Waals surface area contributed by atoms with Gasteiger partial charge >= 0.3 is 0 Å². The standard InChI is InChI=1S/C22H28O3/c1-7-8-15-18(24-5)12-14(13-19(15)25-6)11-16-17-9-10-22(4,20(16)23)21(17,2)3/h7,11-13,17H,1,8-10H2,2-6H3. The van der Waals surface area contributed by atoms with Crippen LogP contribution < -0.4 is 9.47 Å². The van der Waals surface area contributed by atoms with Gasteiger partial charge in [-0.25, -0.2) is 0 Å². The number of Topliss-reactive ketones (excluding diaryl/α,β-unsaturated/α-hetero) is 1. The molecule has 1 aromatic rings. The summed E-state index contributed by atoms with van der Waals surface area (Å²) in [6.45, 7) is 10.4. The SMILES string of the molecule is C=CCc1c(OC)cc(C=C2C(=O)C3(C)CCC2C3(C)C)cc1OC. The Morgan fingerprint density at radius 2 is 1.80 bits per heavy atom. The number of hydrogen-bond donors (Lipinski definition) is 0. The van der Waals surface area contributed by atoms with Crippen LogP contribution in [-0.2, 0) is 11.2 Å². The van der Waals surface area contributed by atoms with Crippen LogP contribution in [0.4, 0.5) is 0 Å². The predicted octanol–water partition coefficient (Wildman–Crippen LogP) is 4.84. The largest absolute Gasteiger partial charge is 0.496 e. The molecule has 0 N–H and O–H groups in total. The van der Waals surface area contributed by atoms with Gasteiger partial charge in [0.05, 0.1) is 14.2 Å². The first-order valence-corrected chi connectivity index (χ1v) is 8.92. The number of ether oxygens (including phenoxy) is 2. The summed E-state index contributed by atoms with van der Waals surface area (Å²) in [4.78, 5) is 13.0. The van der Waals surface area contributed by atoms with E-state index in [1.165, 1.54) is 0 Å². The van der Waals surface area contributed by atoms with Crippen LogP contribution >= 0.6 is 0 Å². The molecule has 2 saturated carbocycles. The molecule has 3 heteroatoms. The van der Waals surface area contributed by atoms with Gasteiger partial charge in [0, 0.05) is 11.0 Å². The highest BCUT2D eigenvalue weighted by Crippen LogP contribution is 2.65. The van der Waals surface area contributed by atoms with E-state index in [2.05, 4.69) is 27.4 Å². The summed E-state index contributed by atoms with van der Waals surface area (Å²) < 4.78 is 11.1. The molecule has 1 aromatic carbocycles. The lowest BCUT2D eigenvalue weighted by molar-refractivity contribution is -0.125. The molecule has 0 aromatic heterocycles. The van der Waals surface area contributed by atoms with Crippen LogP contribution in [0.1, 0.15) is 44.7 Å². The summed E-state index contributed by atoms with van der Waals surface area (Å²) in [6.07, 6.45) is 6.63. The minimum atomic E-state index is -0.236. The number of rotatable bonds is 5. The maximum Gasteiger partial charge on any atom is 0.165 e. The molecule has 134 valence electrons. The van der Waals surface area contributed by atoms with E-state index in [0.717, 1.165) is 41.0 Å². The molecular formula is C22H28O3. The lowest BCUT2D eigenvalue weighted by Crippen LogP contribution is -2.32. The number of benzene rings is 1. The highest BCUT2D eigenvalue weighted by atomic mass is 16.5. The highest BCUT2D eigenvalue weighted by Gasteiger charge is 2.63. The van der Waals surface area contributed by atoms with Crippen molar-refractivity contribution >= 4 is 11.9 Å². The second-order valence-corrected chi connectivity index (χ2v) is 7.97. The van der Waals surface area contributed by atoms with Crippen molar-refractivity contribution in [2.45, 2.75) is 40.0 Å². The second kappa shape index (κ2) is 6.05. The molecule has 2 unspecified atom stereocenters. The van der Waals surface area contributed by atoms with Crippen LogP contribution in [0.2, 0.25) is 0 Å². The Morgan fingerprint density at radius 1 is 1.20 bits per heavy atom. The van der Waals surface area contributed by atoms with Crippen molar-refractivity contribution in [1.29, 1.82) is 0 Å². The third-order valence-corrected chi connectivity index (χ3v) is 6.67. The average Bonchev–Trinajstić information content (AvgIpc) is 2.89. The molecule has 25 heavy (non-hydrogen) atoms. The van der Waals surface area contributed by atoms with Gasteiger partial charge in [0.25, 0.3) is 0 Å². The summed E-state index contributed by atoms with van der Waals surface area (Å²) in [5, 5.41) is 0. The van der Waals surface area contributed by atoms with E-state index < -0.39 is 0 Å². The zero-order valence-corrected chi connectivity index (χ0v) is 15.9.